The lowest BCUT2D eigenvalue weighted by atomic mass is 9.79. The Morgan fingerprint density at radius 3 is 2.35 bits per heavy atom. The van der Waals surface area contributed by atoms with Gasteiger partial charge in [0.1, 0.15) is 0 Å². The Labute approximate surface area is 103 Å². The van der Waals surface area contributed by atoms with Crippen LogP contribution in [0, 0.1) is 0 Å². The lowest BCUT2D eigenvalue weighted by molar-refractivity contribution is 0.00578. The molecule has 1 aromatic rings. The molecule has 17 heavy (non-hydrogen) atoms. The Hall–Kier alpha value is -0.905. The molecule has 1 aliphatic rings. The van der Waals surface area contributed by atoms with Crippen LogP contribution in [-0.4, -0.2) is 23.3 Å². The molecule has 0 radical (unpaired) electrons. The highest BCUT2D eigenvalue weighted by Gasteiger charge is 2.51. The van der Waals surface area contributed by atoms with Crippen LogP contribution < -0.4 is 11.2 Å². The van der Waals surface area contributed by atoms with E-state index < -0.39 is 0 Å². The Kier molecular flexibility index (Phi) is 3.02. The average Bonchev–Trinajstić information content (AvgIpc) is 2.48. The largest absolute Gasteiger partial charge is 0.494 e. The molecule has 0 atom stereocenters. The fourth-order valence-corrected chi connectivity index (χ4v) is 1.73. The molecular formula is C12H19BN2O2. The van der Waals surface area contributed by atoms with Crippen LogP contribution in [0.1, 0.15) is 33.4 Å². The molecular weight excluding hydrogens is 215 g/mol. The molecule has 0 bridgehead atoms. The molecule has 0 aliphatic carbocycles. The highest BCUT2D eigenvalue weighted by Crippen LogP contribution is 2.36. The van der Waals surface area contributed by atoms with Gasteiger partial charge in [-0.3, -0.25) is 4.98 Å². The zero-order chi connectivity index (χ0) is 12.7. The number of pyridine rings is 1. The van der Waals surface area contributed by atoms with Gasteiger partial charge in [0.25, 0.3) is 0 Å². The molecule has 0 aromatic carbocycles. The summed E-state index contributed by atoms with van der Waals surface area (Å²) in [6, 6.07) is 3.84. The summed E-state index contributed by atoms with van der Waals surface area (Å²) in [7, 11) is -0.340. The molecule has 1 saturated heterocycles. The van der Waals surface area contributed by atoms with Crippen molar-refractivity contribution in [3.05, 3.63) is 24.0 Å². The van der Waals surface area contributed by atoms with E-state index in [1.54, 1.807) is 6.20 Å². The minimum Gasteiger partial charge on any atom is -0.399 e. The van der Waals surface area contributed by atoms with Gasteiger partial charge in [-0.05, 0) is 45.3 Å². The maximum Gasteiger partial charge on any atom is 0.494 e. The first-order valence-corrected chi connectivity index (χ1v) is 5.86. The van der Waals surface area contributed by atoms with E-state index in [1.807, 2.05) is 39.8 Å². The predicted molar refractivity (Wildman–Crippen MR) is 67.8 cm³/mol. The molecule has 1 aromatic heterocycles. The highest BCUT2D eigenvalue weighted by atomic mass is 16.7. The number of nitrogens with two attached hydrogens (primary N) is 1. The lowest BCUT2D eigenvalue weighted by Crippen LogP contribution is -2.41. The first kappa shape index (κ1) is 12.5. The third-order valence-electron chi connectivity index (χ3n) is 3.58. The first-order valence-electron chi connectivity index (χ1n) is 5.86. The van der Waals surface area contributed by atoms with Gasteiger partial charge in [0, 0.05) is 12.7 Å². The third-order valence-corrected chi connectivity index (χ3v) is 3.58. The molecule has 1 fully saturated rings. The van der Waals surface area contributed by atoms with Crippen molar-refractivity contribution in [3.8, 4) is 0 Å². The highest BCUT2D eigenvalue weighted by molar-refractivity contribution is 6.62. The fraction of sp³-hybridized carbons (Fsp3) is 0.583. The smallest absolute Gasteiger partial charge is 0.399 e. The van der Waals surface area contributed by atoms with Gasteiger partial charge in [0.2, 0.25) is 0 Å². The number of rotatable bonds is 2. The lowest BCUT2D eigenvalue weighted by Gasteiger charge is -2.32. The van der Waals surface area contributed by atoms with Crippen LogP contribution in [0.4, 0.5) is 0 Å². The van der Waals surface area contributed by atoms with Gasteiger partial charge in [-0.25, -0.2) is 0 Å². The zero-order valence-electron chi connectivity index (χ0n) is 10.9. The first-order chi connectivity index (χ1) is 7.86. The summed E-state index contributed by atoms with van der Waals surface area (Å²) < 4.78 is 11.9. The molecule has 0 amide bonds. The minimum absolute atomic E-state index is 0.316. The second-order valence-electron chi connectivity index (χ2n) is 5.37. The molecule has 0 unspecified atom stereocenters. The summed E-state index contributed by atoms with van der Waals surface area (Å²) >= 11 is 0. The van der Waals surface area contributed by atoms with E-state index in [-0.39, 0.29) is 18.3 Å². The molecule has 0 spiro atoms. The van der Waals surface area contributed by atoms with Crippen molar-refractivity contribution in [2.45, 2.75) is 45.4 Å². The SMILES string of the molecule is CC1(C)OB(c2ccnc(CN)c2)OC1(C)C. The van der Waals surface area contributed by atoms with Gasteiger partial charge in [-0.2, -0.15) is 0 Å². The van der Waals surface area contributed by atoms with Gasteiger partial charge in [0.15, 0.2) is 0 Å². The molecule has 2 heterocycles. The van der Waals surface area contributed by atoms with Crippen molar-refractivity contribution in [2.75, 3.05) is 0 Å². The van der Waals surface area contributed by atoms with Gasteiger partial charge in [0.05, 0.1) is 16.9 Å². The van der Waals surface area contributed by atoms with Crippen molar-refractivity contribution in [3.63, 3.8) is 0 Å². The summed E-state index contributed by atoms with van der Waals surface area (Å²) in [5, 5.41) is 0. The summed E-state index contributed by atoms with van der Waals surface area (Å²) in [6.07, 6.45) is 1.74. The minimum atomic E-state index is -0.340. The molecule has 4 nitrogen and oxygen atoms in total. The van der Waals surface area contributed by atoms with E-state index >= 15 is 0 Å². The van der Waals surface area contributed by atoms with Crippen LogP contribution in [0.25, 0.3) is 0 Å². The standard InChI is InChI=1S/C12H19BN2O2/c1-11(2)12(3,4)17-13(16-11)9-5-6-15-10(7-9)8-14/h5-7H,8,14H2,1-4H3. The quantitative estimate of drug-likeness (QED) is 0.770. The van der Waals surface area contributed by atoms with E-state index in [1.165, 1.54) is 0 Å². The predicted octanol–water partition coefficient (Wildman–Crippen LogP) is 0.839. The van der Waals surface area contributed by atoms with Crippen LogP contribution in [-0.2, 0) is 15.9 Å². The van der Waals surface area contributed by atoms with Crippen molar-refractivity contribution in [1.29, 1.82) is 0 Å². The molecule has 2 N–H and O–H groups in total. The van der Waals surface area contributed by atoms with Gasteiger partial charge >= 0.3 is 7.12 Å². The van der Waals surface area contributed by atoms with Crippen molar-refractivity contribution in [1.82, 2.24) is 4.98 Å². The van der Waals surface area contributed by atoms with Crippen molar-refractivity contribution < 1.29 is 9.31 Å². The Balaban J connectivity index is 2.25. The molecule has 1 aliphatic heterocycles. The fourth-order valence-electron chi connectivity index (χ4n) is 1.73. The number of hydrogen-bond acceptors (Lipinski definition) is 4. The topological polar surface area (TPSA) is 57.4 Å². The Bertz CT molecular complexity index is 405. The summed E-state index contributed by atoms with van der Waals surface area (Å²) in [5.74, 6) is 0. The van der Waals surface area contributed by atoms with Gasteiger partial charge < -0.3 is 15.0 Å². The van der Waals surface area contributed by atoms with Crippen molar-refractivity contribution in [2.24, 2.45) is 5.73 Å². The maximum atomic E-state index is 5.96. The van der Waals surface area contributed by atoms with E-state index in [2.05, 4.69) is 4.98 Å². The monoisotopic (exact) mass is 234 g/mol. The Morgan fingerprint density at radius 1 is 1.24 bits per heavy atom. The molecule has 5 heteroatoms. The van der Waals surface area contributed by atoms with Crippen LogP contribution in [0.2, 0.25) is 0 Å². The second-order valence-corrected chi connectivity index (χ2v) is 5.37. The van der Waals surface area contributed by atoms with Crippen molar-refractivity contribution >= 4 is 12.6 Å². The van der Waals surface area contributed by atoms with Crippen LogP contribution in [0.5, 0.6) is 0 Å². The maximum absolute atomic E-state index is 5.96. The average molecular weight is 234 g/mol. The van der Waals surface area contributed by atoms with Crippen LogP contribution >= 0.6 is 0 Å². The van der Waals surface area contributed by atoms with Gasteiger partial charge in [-0.1, -0.05) is 0 Å². The molecule has 92 valence electrons. The van der Waals surface area contributed by atoms with E-state index in [4.69, 9.17) is 15.0 Å². The number of hydrogen-bond donors (Lipinski definition) is 1. The van der Waals surface area contributed by atoms with E-state index in [0.29, 0.717) is 6.54 Å². The number of aromatic nitrogens is 1. The zero-order valence-corrected chi connectivity index (χ0v) is 10.9. The van der Waals surface area contributed by atoms with Crippen LogP contribution in [0.15, 0.2) is 18.3 Å². The third kappa shape index (κ3) is 2.23. The normalized spacial score (nSPS) is 21.8. The summed E-state index contributed by atoms with van der Waals surface area (Å²) in [6.45, 7) is 8.58. The van der Waals surface area contributed by atoms with E-state index in [0.717, 1.165) is 11.2 Å². The molecule has 0 saturated carbocycles. The Morgan fingerprint density at radius 2 is 1.82 bits per heavy atom. The van der Waals surface area contributed by atoms with Gasteiger partial charge in [-0.15, -0.1) is 0 Å². The number of nitrogens with zero attached hydrogens (tertiary/aromatic N) is 1. The second kappa shape index (κ2) is 4.08. The summed E-state index contributed by atoms with van der Waals surface area (Å²) in [5.41, 5.74) is 6.76. The van der Waals surface area contributed by atoms with Crippen LogP contribution in [0.3, 0.4) is 0 Å². The summed E-state index contributed by atoms with van der Waals surface area (Å²) in [4.78, 5) is 4.17. The molecule has 2 rings (SSSR count). The van der Waals surface area contributed by atoms with E-state index in [9.17, 15) is 0 Å².